The monoisotopic (exact) mass is 453 g/mol. The molecule has 0 amide bonds. The summed E-state index contributed by atoms with van der Waals surface area (Å²) < 4.78 is 52.3. The molecule has 3 heterocycles. The largest absolute Gasteiger partial charge is 0.393 e. The molecule has 1 fully saturated rings. The molecule has 5 nitrogen and oxygen atoms in total. The van der Waals surface area contributed by atoms with Crippen LogP contribution in [-0.2, 0) is 0 Å². The van der Waals surface area contributed by atoms with Gasteiger partial charge in [-0.05, 0) is 36.4 Å². The zero-order valence-corrected chi connectivity index (χ0v) is 17.5. The van der Waals surface area contributed by atoms with Gasteiger partial charge in [0.15, 0.2) is 5.13 Å². The molecule has 1 saturated heterocycles. The quantitative estimate of drug-likeness (QED) is 0.425. The zero-order valence-electron chi connectivity index (χ0n) is 16.7. The Kier molecular flexibility index (Phi) is 6.40. The Bertz CT molecular complexity index is 1040. The summed E-state index contributed by atoms with van der Waals surface area (Å²) in [4.78, 5) is 10.7. The van der Waals surface area contributed by atoms with E-state index in [2.05, 4.69) is 15.3 Å². The lowest BCUT2D eigenvalue weighted by molar-refractivity contribution is -0.186. The summed E-state index contributed by atoms with van der Waals surface area (Å²) >= 11 is 1.44. The second-order valence-corrected chi connectivity index (χ2v) is 8.91. The number of alkyl halides is 3. The third-order valence-corrected chi connectivity index (χ3v) is 6.46. The number of piperidine rings is 1. The van der Waals surface area contributed by atoms with E-state index in [9.17, 15) is 17.6 Å². The fraction of sp³-hybridized carbons (Fsp3) is 0.429. The van der Waals surface area contributed by atoms with Crippen molar-refractivity contribution in [2.24, 2.45) is 11.7 Å². The van der Waals surface area contributed by atoms with Gasteiger partial charge in [0, 0.05) is 49.5 Å². The van der Waals surface area contributed by atoms with Crippen LogP contribution in [0.1, 0.15) is 12.8 Å². The first-order valence-corrected chi connectivity index (χ1v) is 10.9. The predicted molar refractivity (Wildman–Crippen MR) is 114 cm³/mol. The van der Waals surface area contributed by atoms with Crippen molar-refractivity contribution >= 4 is 27.2 Å². The number of rotatable bonds is 6. The van der Waals surface area contributed by atoms with E-state index in [0.29, 0.717) is 31.2 Å². The Hall–Kier alpha value is -2.30. The van der Waals surface area contributed by atoms with Gasteiger partial charge in [0.2, 0.25) is 5.95 Å². The number of aromatic nitrogens is 2. The van der Waals surface area contributed by atoms with Crippen LogP contribution >= 0.6 is 11.3 Å². The third-order valence-electron chi connectivity index (χ3n) is 5.46. The van der Waals surface area contributed by atoms with Gasteiger partial charge in [-0.3, -0.25) is 0 Å². The highest BCUT2D eigenvalue weighted by Crippen LogP contribution is 2.33. The van der Waals surface area contributed by atoms with E-state index >= 15 is 0 Å². The number of nitrogens with zero attached hydrogens (tertiary/aromatic N) is 3. The topological polar surface area (TPSA) is 67.1 Å². The van der Waals surface area contributed by atoms with Crippen LogP contribution in [0, 0.1) is 11.9 Å². The average Bonchev–Trinajstić information content (AvgIpc) is 3.20. The van der Waals surface area contributed by atoms with Crippen molar-refractivity contribution in [2.45, 2.75) is 25.1 Å². The van der Waals surface area contributed by atoms with Gasteiger partial charge in [-0.2, -0.15) is 17.6 Å². The van der Waals surface area contributed by atoms with E-state index < -0.39 is 18.0 Å². The minimum Gasteiger partial charge on any atom is -0.360 e. The number of nitrogens with one attached hydrogen (secondary N) is 1. The van der Waals surface area contributed by atoms with E-state index in [4.69, 9.17) is 5.73 Å². The molecule has 1 aliphatic rings. The summed E-state index contributed by atoms with van der Waals surface area (Å²) in [5.74, 6) is -1.80. The predicted octanol–water partition coefficient (Wildman–Crippen LogP) is 4.51. The third kappa shape index (κ3) is 5.50. The van der Waals surface area contributed by atoms with Crippen LogP contribution in [0.3, 0.4) is 0 Å². The molecule has 0 bridgehead atoms. The van der Waals surface area contributed by atoms with E-state index in [-0.39, 0.29) is 19.0 Å². The Morgan fingerprint density at radius 3 is 2.84 bits per heavy atom. The standard InChI is InChI=1S/C21H23F4N5S/c22-19-7-15-6-13(3-4-14(15)8-27-19)18-10-29-20(31-18)28-9-17(26)12-30-5-1-2-16(11-30)21(23,24)25/h3-4,6-8,10,16-17H,1-2,5,9,11-12,26H2,(H,28,29)/t16-,17+/m0/s1. The number of halogens is 4. The second kappa shape index (κ2) is 9.05. The molecule has 31 heavy (non-hydrogen) atoms. The highest BCUT2D eigenvalue weighted by atomic mass is 32.1. The summed E-state index contributed by atoms with van der Waals surface area (Å²) in [6.07, 6.45) is -0.201. The summed E-state index contributed by atoms with van der Waals surface area (Å²) in [6, 6.07) is 6.78. The first-order chi connectivity index (χ1) is 14.8. The van der Waals surface area contributed by atoms with E-state index in [1.54, 1.807) is 11.1 Å². The Morgan fingerprint density at radius 1 is 1.19 bits per heavy atom. The molecule has 2 aromatic heterocycles. The number of anilines is 1. The van der Waals surface area contributed by atoms with Gasteiger partial charge in [-0.1, -0.05) is 23.5 Å². The fourth-order valence-electron chi connectivity index (χ4n) is 3.86. The van der Waals surface area contributed by atoms with Crippen molar-refractivity contribution in [1.29, 1.82) is 0 Å². The molecular weight excluding hydrogens is 430 g/mol. The molecule has 1 aliphatic heterocycles. The molecule has 0 aliphatic carbocycles. The lowest BCUT2D eigenvalue weighted by Gasteiger charge is -2.35. The molecule has 1 aromatic carbocycles. The molecule has 2 atom stereocenters. The Labute approximate surface area is 181 Å². The number of nitrogens with two attached hydrogens (primary N) is 1. The van der Waals surface area contributed by atoms with Crippen LogP contribution in [0.25, 0.3) is 21.2 Å². The van der Waals surface area contributed by atoms with Crippen LogP contribution < -0.4 is 11.1 Å². The molecular formula is C21H23F4N5S. The van der Waals surface area contributed by atoms with Crippen LogP contribution in [0.15, 0.2) is 36.7 Å². The number of pyridine rings is 1. The number of hydrogen-bond acceptors (Lipinski definition) is 6. The van der Waals surface area contributed by atoms with Gasteiger partial charge in [0.25, 0.3) is 0 Å². The lowest BCUT2D eigenvalue weighted by atomic mass is 9.97. The van der Waals surface area contributed by atoms with Gasteiger partial charge in [-0.15, -0.1) is 0 Å². The van der Waals surface area contributed by atoms with Crippen LogP contribution in [0.4, 0.5) is 22.7 Å². The number of fused-ring (bicyclic) bond motifs is 1. The number of benzene rings is 1. The molecule has 0 spiro atoms. The molecule has 3 aromatic rings. The lowest BCUT2D eigenvalue weighted by Crippen LogP contribution is -2.48. The average molecular weight is 454 g/mol. The minimum atomic E-state index is -4.15. The van der Waals surface area contributed by atoms with Gasteiger partial charge in [-0.25, -0.2) is 9.97 Å². The maximum absolute atomic E-state index is 13.4. The second-order valence-electron chi connectivity index (χ2n) is 7.88. The molecule has 166 valence electrons. The SMILES string of the molecule is N[C@H](CNc1ncc(-c2ccc3cnc(F)cc3c2)s1)CN1CCC[C@H](C(F)(F)F)C1. The van der Waals surface area contributed by atoms with Crippen molar-refractivity contribution in [1.82, 2.24) is 14.9 Å². The number of thiazole rings is 1. The van der Waals surface area contributed by atoms with E-state index in [1.807, 2.05) is 18.2 Å². The molecule has 3 N–H and O–H groups in total. The van der Waals surface area contributed by atoms with Gasteiger partial charge >= 0.3 is 6.18 Å². The smallest absolute Gasteiger partial charge is 0.360 e. The van der Waals surface area contributed by atoms with Crippen molar-refractivity contribution in [2.75, 3.05) is 31.5 Å². The van der Waals surface area contributed by atoms with Gasteiger partial charge in [0.1, 0.15) is 0 Å². The molecule has 0 saturated carbocycles. The van der Waals surface area contributed by atoms with Crippen molar-refractivity contribution in [3.8, 4) is 10.4 Å². The zero-order chi connectivity index (χ0) is 22.0. The summed E-state index contributed by atoms with van der Waals surface area (Å²) in [5, 5.41) is 5.46. The first kappa shape index (κ1) is 21.9. The first-order valence-electron chi connectivity index (χ1n) is 10.1. The molecule has 0 unspecified atom stereocenters. The molecule has 4 rings (SSSR count). The highest BCUT2D eigenvalue weighted by Gasteiger charge is 2.41. The molecule has 10 heteroatoms. The maximum atomic E-state index is 13.4. The summed E-state index contributed by atoms with van der Waals surface area (Å²) in [6.45, 7) is 1.47. The number of hydrogen-bond donors (Lipinski definition) is 2. The summed E-state index contributed by atoms with van der Waals surface area (Å²) in [5.41, 5.74) is 7.07. The number of likely N-dealkylation sites (tertiary alicyclic amines) is 1. The van der Waals surface area contributed by atoms with E-state index in [0.717, 1.165) is 21.2 Å². The van der Waals surface area contributed by atoms with Gasteiger partial charge in [0.05, 0.1) is 10.8 Å². The minimum absolute atomic E-state index is 0.0106. The summed E-state index contributed by atoms with van der Waals surface area (Å²) in [7, 11) is 0. The van der Waals surface area contributed by atoms with Crippen LogP contribution in [0.5, 0.6) is 0 Å². The van der Waals surface area contributed by atoms with Crippen LogP contribution in [0.2, 0.25) is 0 Å². The Balaban J connectivity index is 1.33. The highest BCUT2D eigenvalue weighted by molar-refractivity contribution is 7.18. The fourth-order valence-corrected chi connectivity index (χ4v) is 4.68. The van der Waals surface area contributed by atoms with Crippen molar-refractivity contribution in [3.05, 3.63) is 42.6 Å². The van der Waals surface area contributed by atoms with Crippen LogP contribution in [-0.4, -0.2) is 53.3 Å². The normalized spacial score (nSPS) is 18.9. The maximum Gasteiger partial charge on any atom is 0.393 e. The Morgan fingerprint density at radius 2 is 2.03 bits per heavy atom. The van der Waals surface area contributed by atoms with Crippen molar-refractivity contribution < 1.29 is 17.6 Å². The molecule has 0 radical (unpaired) electrons. The van der Waals surface area contributed by atoms with Crippen molar-refractivity contribution in [3.63, 3.8) is 0 Å². The van der Waals surface area contributed by atoms with E-state index in [1.165, 1.54) is 23.6 Å². The van der Waals surface area contributed by atoms with Gasteiger partial charge < -0.3 is 16.0 Å².